The Kier molecular flexibility index (Phi) is 4.07. The van der Waals surface area contributed by atoms with Crippen LogP contribution in [0.15, 0.2) is 0 Å². The van der Waals surface area contributed by atoms with E-state index < -0.39 is 17.3 Å². The summed E-state index contributed by atoms with van der Waals surface area (Å²) in [6, 6.07) is -0.246. The second-order valence-corrected chi connectivity index (χ2v) is 6.53. The highest BCUT2D eigenvalue weighted by molar-refractivity contribution is 5.68. The number of nitrogens with one attached hydrogen (secondary N) is 1. The largest absolute Gasteiger partial charge is 0.444 e. The summed E-state index contributed by atoms with van der Waals surface area (Å²) in [5.74, 6) is 0.640. The topological polar surface area (TPSA) is 58.6 Å². The first-order chi connectivity index (χ1) is 7.58. The molecule has 0 bridgehead atoms. The molecule has 0 unspecified atom stereocenters. The third kappa shape index (κ3) is 5.91. The summed E-state index contributed by atoms with van der Waals surface area (Å²) in [6.45, 7) is 8.92. The zero-order valence-corrected chi connectivity index (χ0v) is 11.5. The van der Waals surface area contributed by atoms with Gasteiger partial charge in [-0.2, -0.15) is 0 Å². The van der Waals surface area contributed by atoms with E-state index in [2.05, 4.69) is 5.32 Å². The van der Waals surface area contributed by atoms with Gasteiger partial charge in [0, 0.05) is 0 Å². The molecule has 1 amide bonds. The minimum Gasteiger partial charge on any atom is -0.444 e. The molecule has 1 saturated carbocycles. The van der Waals surface area contributed by atoms with Gasteiger partial charge in [-0.15, -0.1) is 0 Å². The SMILES string of the molecule is CC(C)(C)OC(=O)N[C@@H](CC1CC1)C(C)(C)O. The summed E-state index contributed by atoms with van der Waals surface area (Å²) in [5, 5.41) is 12.8. The summed E-state index contributed by atoms with van der Waals surface area (Å²) in [4.78, 5) is 11.7. The zero-order valence-electron chi connectivity index (χ0n) is 11.5. The van der Waals surface area contributed by atoms with Crippen molar-refractivity contribution in [1.29, 1.82) is 0 Å². The Morgan fingerprint density at radius 2 is 1.88 bits per heavy atom. The van der Waals surface area contributed by atoms with Gasteiger partial charge in [0.2, 0.25) is 0 Å². The molecule has 17 heavy (non-hydrogen) atoms. The lowest BCUT2D eigenvalue weighted by atomic mass is 9.94. The number of ether oxygens (including phenoxy) is 1. The van der Waals surface area contributed by atoms with Crippen molar-refractivity contribution < 1.29 is 14.6 Å². The molecule has 1 rings (SSSR count). The van der Waals surface area contributed by atoms with Gasteiger partial charge in [-0.3, -0.25) is 0 Å². The number of rotatable bonds is 4. The number of aliphatic hydroxyl groups is 1. The van der Waals surface area contributed by atoms with E-state index >= 15 is 0 Å². The molecule has 0 aliphatic heterocycles. The average Bonchev–Trinajstić information content (AvgIpc) is 2.81. The van der Waals surface area contributed by atoms with Crippen molar-refractivity contribution in [3.8, 4) is 0 Å². The molecule has 0 spiro atoms. The van der Waals surface area contributed by atoms with Crippen molar-refractivity contribution in [1.82, 2.24) is 5.32 Å². The van der Waals surface area contributed by atoms with Crippen molar-refractivity contribution in [2.75, 3.05) is 0 Å². The Bertz CT molecular complexity index is 271. The van der Waals surface area contributed by atoms with Gasteiger partial charge in [-0.1, -0.05) is 12.8 Å². The van der Waals surface area contributed by atoms with E-state index in [9.17, 15) is 9.90 Å². The molecule has 1 atom stereocenters. The van der Waals surface area contributed by atoms with Crippen LogP contribution in [0.4, 0.5) is 4.79 Å². The molecule has 0 heterocycles. The second-order valence-electron chi connectivity index (χ2n) is 6.53. The number of carbonyl (C=O) groups excluding carboxylic acids is 1. The first-order valence-electron chi connectivity index (χ1n) is 6.30. The van der Waals surface area contributed by atoms with E-state index in [0.717, 1.165) is 6.42 Å². The predicted octanol–water partition coefficient (Wildman–Crippen LogP) is 2.45. The van der Waals surface area contributed by atoms with Crippen LogP contribution >= 0.6 is 0 Å². The standard InChI is InChI=1S/C13H25NO3/c1-12(2,3)17-11(15)14-10(13(4,5)16)8-9-6-7-9/h9-10,16H,6-8H2,1-5H3,(H,14,15)/t10-/m0/s1. The quantitative estimate of drug-likeness (QED) is 0.797. The van der Waals surface area contributed by atoms with Gasteiger partial charge in [-0.05, 0) is 47.0 Å². The minimum absolute atomic E-state index is 0.246. The lowest BCUT2D eigenvalue weighted by Crippen LogP contribution is -2.50. The number of amides is 1. The van der Waals surface area contributed by atoms with Gasteiger partial charge in [-0.25, -0.2) is 4.79 Å². The smallest absolute Gasteiger partial charge is 0.407 e. The maximum Gasteiger partial charge on any atom is 0.407 e. The van der Waals surface area contributed by atoms with Crippen LogP contribution in [0.1, 0.15) is 53.9 Å². The second kappa shape index (κ2) is 4.84. The highest BCUT2D eigenvalue weighted by Gasteiger charge is 2.35. The average molecular weight is 243 g/mol. The van der Waals surface area contributed by atoms with E-state index in [4.69, 9.17) is 4.74 Å². The number of hydrogen-bond donors (Lipinski definition) is 2. The molecule has 1 fully saturated rings. The summed E-state index contributed by atoms with van der Waals surface area (Å²) in [7, 11) is 0. The molecule has 4 nitrogen and oxygen atoms in total. The maximum absolute atomic E-state index is 11.7. The van der Waals surface area contributed by atoms with Crippen LogP contribution in [-0.2, 0) is 4.74 Å². The van der Waals surface area contributed by atoms with E-state index in [-0.39, 0.29) is 6.04 Å². The molecule has 1 aliphatic rings. The lowest BCUT2D eigenvalue weighted by Gasteiger charge is -2.31. The Morgan fingerprint density at radius 1 is 1.35 bits per heavy atom. The normalized spacial score (nSPS) is 18.7. The highest BCUT2D eigenvalue weighted by atomic mass is 16.6. The fourth-order valence-electron chi connectivity index (χ4n) is 1.66. The first kappa shape index (κ1) is 14.3. The highest BCUT2D eigenvalue weighted by Crippen LogP contribution is 2.35. The lowest BCUT2D eigenvalue weighted by molar-refractivity contribution is 0.0135. The summed E-state index contributed by atoms with van der Waals surface area (Å²) < 4.78 is 5.20. The van der Waals surface area contributed by atoms with Crippen LogP contribution in [0.25, 0.3) is 0 Å². The molecular weight excluding hydrogens is 218 g/mol. The predicted molar refractivity (Wildman–Crippen MR) is 66.8 cm³/mol. The van der Waals surface area contributed by atoms with Crippen molar-refractivity contribution >= 4 is 6.09 Å². The molecule has 0 aromatic heterocycles. The Morgan fingerprint density at radius 3 is 2.24 bits per heavy atom. The summed E-state index contributed by atoms with van der Waals surface area (Å²) in [5.41, 5.74) is -1.42. The van der Waals surface area contributed by atoms with Crippen molar-refractivity contribution in [3.05, 3.63) is 0 Å². The van der Waals surface area contributed by atoms with E-state index in [1.165, 1.54) is 12.8 Å². The van der Waals surface area contributed by atoms with Gasteiger partial charge >= 0.3 is 6.09 Å². The molecule has 0 saturated heterocycles. The third-order valence-electron chi connectivity index (χ3n) is 2.81. The van der Waals surface area contributed by atoms with Gasteiger partial charge < -0.3 is 15.2 Å². The molecule has 0 aromatic rings. The van der Waals surface area contributed by atoms with Gasteiger partial charge in [0.25, 0.3) is 0 Å². The van der Waals surface area contributed by atoms with Crippen LogP contribution in [0.5, 0.6) is 0 Å². The minimum atomic E-state index is -0.917. The third-order valence-corrected chi connectivity index (χ3v) is 2.81. The van der Waals surface area contributed by atoms with Gasteiger partial charge in [0.05, 0.1) is 11.6 Å². The Hall–Kier alpha value is -0.770. The molecule has 0 radical (unpaired) electrons. The summed E-state index contributed by atoms with van der Waals surface area (Å²) >= 11 is 0. The van der Waals surface area contributed by atoms with Crippen LogP contribution in [0.2, 0.25) is 0 Å². The van der Waals surface area contributed by atoms with E-state index in [1.807, 2.05) is 20.8 Å². The molecule has 1 aliphatic carbocycles. The number of carbonyl (C=O) groups is 1. The fourth-order valence-corrected chi connectivity index (χ4v) is 1.66. The molecular formula is C13H25NO3. The Labute approximate surface area is 104 Å². The van der Waals surface area contributed by atoms with Gasteiger partial charge in [0.1, 0.15) is 5.60 Å². The van der Waals surface area contributed by atoms with Crippen LogP contribution in [-0.4, -0.2) is 28.4 Å². The van der Waals surface area contributed by atoms with Gasteiger partial charge in [0.15, 0.2) is 0 Å². The number of hydrogen-bond acceptors (Lipinski definition) is 3. The van der Waals surface area contributed by atoms with Crippen molar-refractivity contribution in [2.24, 2.45) is 5.92 Å². The molecule has 4 heteroatoms. The monoisotopic (exact) mass is 243 g/mol. The van der Waals surface area contributed by atoms with Crippen LogP contribution in [0, 0.1) is 5.92 Å². The molecule has 100 valence electrons. The fraction of sp³-hybridized carbons (Fsp3) is 0.923. The molecule has 0 aromatic carbocycles. The first-order valence-corrected chi connectivity index (χ1v) is 6.30. The zero-order chi connectivity index (χ0) is 13.3. The Balaban J connectivity index is 2.50. The molecule has 2 N–H and O–H groups in total. The number of alkyl carbamates (subject to hydrolysis) is 1. The summed E-state index contributed by atoms with van der Waals surface area (Å²) in [6.07, 6.45) is 2.76. The van der Waals surface area contributed by atoms with Crippen molar-refractivity contribution in [3.63, 3.8) is 0 Å². The van der Waals surface area contributed by atoms with Crippen molar-refractivity contribution in [2.45, 2.75) is 71.1 Å². The van der Waals surface area contributed by atoms with E-state index in [1.54, 1.807) is 13.8 Å². The van der Waals surface area contributed by atoms with Crippen LogP contribution < -0.4 is 5.32 Å². The van der Waals surface area contributed by atoms with Crippen LogP contribution in [0.3, 0.4) is 0 Å². The van der Waals surface area contributed by atoms with E-state index in [0.29, 0.717) is 5.92 Å². The maximum atomic E-state index is 11.7.